The molecule has 1 heterocycles. The van der Waals surface area contributed by atoms with E-state index >= 15 is 0 Å². The van der Waals surface area contributed by atoms with E-state index in [2.05, 4.69) is 0 Å². The van der Waals surface area contributed by atoms with Crippen LogP contribution in [0.1, 0.15) is 40.5 Å². The van der Waals surface area contributed by atoms with Crippen LogP contribution in [0.25, 0.3) is 0 Å². The standard InChI is InChI=1S/C13H29NO6P2/c1-5-17-21(15,18-6-2)13-9-11-14(12-10-13)22(16,19-7-3)20-8-4/h13H,5-12H2,1-4H3. The van der Waals surface area contributed by atoms with E-state index < -0.39 is 15.3 Å². The predicted molar refractivity (Wildman–Crippen MR) is 86.3 cm³/mol. The SMILES string of the molecule is CCOP(=O)(OCC)C1CCN(P(=O)(OCC)OCC)CC1. The Morgan fingerprint density at radius 1 is 0.818 bits per heavy atom. The van der Waals surface area contributed by atoms with E-state index in [9.17, 15) is 9.13 Å². The molecule has 9 heteroatoms. The Morgan fingerprint density at radius 3 is 1.59 bits per heavy atom. The minimum atomic E-state index is -3.24. The number of nitrogens with zero attached hydrogens (tertiary/aromatic N) is 1. The number of piperidine rings is 1. The first-order chi connectivity index (χ1) is 10.5. The maximum Gasteiger partial charge on any atom is 0.408 e. The second-order valence-corrected chi connectivity index (χ2v) is 9.21. The van der Waals surface area contributed by atoms with Gasteiger partial charge in [-0.2, -0.15) is 0 Å². The van der Waals surface area contributed by atoms with Gasteiger partial charge in [0.2, 0.25) is 0 Å². The molecule has 0 amide bonds. The maximum absolute atomic E-state index is 12.8. The second-order valence-electron chi connectivity index (χ2n) is 4.86. The van der Waals surface area contributed by atoms with Gasteiger partial charge in [0.25, 0.3) is 0 Å². The topological polar surface area (TPSA) is 74.3 Å². The molecule has 0 unspecified atom stereocenters. The zero-order valence-corrected chi connectivity index (χ0v) is 15.8. The fourth-order valence-corrected chi connectivity index (χ4v) is 6.40. The molecule has 1 aliphatic rings. The van der Waals surface area contributed by atoms with E-state index in [1.807, 2.05) is 0 Å². The van der Waals surface area contributed by atoms with Crippen LogP contribution in [0.3, 0.4) is 0 Å². The molecule has 0 atom stereocenters. The van der Waals surface area contributed by atoms with Crippen molar-refractivity contribution < 1.29 is 27.2 Å². The first kappa shape index (κ1) is 20.3. The first-order valence-electron chi connectivity index (χ1n) is 7.99. The molecule has 1 fully saturated rings. The Kier molecular flexibility index (Phi) is 8.80. The summed E-state index contributed by atoms with van der Waals surface area (Å²) >= 11 is 0. The number of rotatable bonds is 10. The van der Waals surface area contributed by atoms with Gasteiger partial charge in [0.1, 0.15) is 0 Å². The van der Waals surface area contributed by atoms with E-state index in [0.29, 0.717) is 52.4 Å². The minimum absolute atomic E-state index is 0.166. The largest absolute Gasteiger partial charge is 0.408 e. The third-order valence-electron chi connectivity index (χ3n) is 3.44. The van der Waals surface area contributed by atoms with E-state index in [0.717, 1.165) is 0 Å². The third-order valence-corrected chi connectivity index (χ3v) is 8.35. The summed E-state index contributed by atoms with van der Waals surface area (Å²) in [5.41, 5.74) is -0.166. The van der Waals surface area contributed by atoms with Crippen molar-refractivity contribution in [3.8, 4) is 0 Å². The lowest BCUT2D eigenvalue weighted by molar-refractivity contribution is 0.151. The fourth-order valence-electron chi connectivity index (χ4n) is 2.55. The summed E-state index contributed by atoms with van der Waals surface area (Å²) < 4.78 is 48.8. The Balaban J connectivity index is 2.72. The van der Waals surface area contributed by atoms with Gasteiger partial charge in [-0.3, -0.25) is 13.6 Å². The van der Waals surface area contributed by atoms with Crippen LogP contribution in [0.2, 0.25) is 0 Å². The van der Waals surface area contributed by atoms with Gasteiger partial charge in [-0.05, 0) is 40.5 Å². The lowest BCUT2D eigenvalue weighted by atomic mass is 10.2. The highest BCUT2D eigenvalue weighted by atomic mass is 31.2. The van der Waals surface area contributed by atoms with Crippen molar-refractivity contribution in [1.29, 1.82) is 0 Å². The average Bonchev–Trinajstić information content (AvgIpc) is 2.48. The quantitative estimate of drug-likeness (QED) is 0.549. The zero-order chi connectivity index (χ0) is 16.6. The Bertz CT molecular complexity index is 353. The van der Waals surface area contributed by atoms with Gasteiger partial charge in [-0.25, -0.2) is 9.24 Å². The van der Waals surface area contributed by atoms with Crippen LogP contribution < -0.4 is 0 Å². The molecule has 0 aromatic heterocycles. The summed E-state index contributed by atoms with van der Waals surface area (Å²) in [4.78, 5) is 0. The number of hydrogen-bond acceptors (Lipinski definition) is 6. The van der Waals surface area contributed by atoms with E-state index in [1.165, 1.54) is 0 Å². The van der Waals surface area contributed by atoms with Crippen LogP contribution in [-0.4, -0.2) is 49.8 Å². The molecule has 7 nitrogen and oxygen atoms in total. The van der Waals surface area contributed by atoms with Gasteiger partial charge in [0.15, 0.2) is 0 Å². The van der Waals surface area contributed by atoms with Gasteiger partial charge < -0.3 is 9.05 Å². The molecule has 0 saturated carbocycles. The summed E-state index contributed by atoms with van der Waals surface area (Å²) in [6.45, 7) is 9.53. The first-order valence-corrected chi connectivity index (χ1v) is 11.1. The Hall–Kier alpha value is 0.260. The maximum atomic E-state index is 12.8. The van der Waals surface area contributed by atoms with Crippen molar-refractivity contribution >= 4 is 15.3 Å². The molecule has 1 saturated heterocycles. The molecule has 0 N–H and O–H groups in total. The molecular weight excluding hydrogens is 328 g/mol. The van der Waals surface area contributed by atoms with Crippen LogP contribution in [0.5, 0.6) is 0 Å². The highest BCUT2D eigenvalue weighted by Gasteiger charge is 2.42. The highest BCUT2D eigenvalue weighted by molar-refractivity contribution is 7.54. The summed E-state index contributed by atoms with van der Waals surface area (Å²) in [6, 6.07) is 0. The van der Waals surface area contributed by atoms with E-state index in [4.69, 9.17) is 18.1 Å². The van der Waals surface area contributed by atoms with Crippen molar-refractivity contribution in [3.05, 3.63) is 0 Å². The van der Waals surface area contributed by atoms with Gasteiger partial charge in [-0.1, -0.05) is 0 Å². The molecule has 1 aliphatic heterocycles. The van der Waals surface area contributed by atoms with Crippen molar-refractivity contribution in [2.75, 3.05) is 39.5 Å². The normalized spacial score (nSPS) is 18.7. The molecule has 0 aromatic carbocycles. The van der Waals surface area contributed by atoms with Gasteiger partial charge in [-0.15, -0.1) is 0 Å². The average molecular weight is 357 g/mol. The summed E-state index contributed by atoms with van der Waals surface area (Å²) in [7, 11) is -6.34. The van der Waals surface area contributed by atoms with Crippen LogP contribution in [-0.2, 0) is 27.2 Å². The van der Waals surface area contributed by atoms with Gasteiger partial charge in [0.05, 0.1) is 32.1 Å². The van der Waals surface area contributed by atoms with E-state index in [-0.39, 0.29) is 5.66 Å². The molecular formula is C13H29NO6P2. The highest BCUT2D eigenvalue weighted by Crippen LogP contribution is 2.59. The second kappa shape index (κ2) is 9.53. The van der Waals surface area contributed by atoms with Gasteiger partial charge in [0, 0.05) is 13.1 Å². The van der Waals surface area contributed by atoms with Crippen LogP contribution in [0.4, 0.5) is 0 Å². The molecule has 1 rings (SSSR count). The molecule has 0 aromatic rings. The van der Waals surface area contributed by atoms with Crippen molar-refractivity contribution in [3.63, 3.8) is 0 Å². The number of hydrogen-bond donors (Lipinski definition) is 0. The zero-order valence-electron chi connectivity index (χ0n) is 14.0. The Labute approximate surface area is 133 Å². The summed E-state index contributed by atoms with van der Waals surface area (Å²) in [5.74, 6) is 0. The predicted octanol–water partition coefficient (Wildman–Crippen LogP) is 3.90. The lowest BCUT2D eigenvalue weighted by Gasteiger charge is -2.37. The smallest absolute Gasteiger partial charge is 0.309 e. The molecule has 0 radical (unpaired) electrons. The van der Waals surface area contributed by atoms with Crippen molar-refractivity contribution in [2.24, 2.45) is 0 Å². The summed E-state index contributed by atoms with van der Waals surface area (Å²) in [6.07, 6.45) is 1.17. The molecule has 22 heavy (non-hydrogen) atoms. The Morgan fingerprint density at radius 2 is 1.23 bits per heavy atom. The van der Waals surface area contributed by atoms with Crippen molar-refractivity contribution in [2.45, 2.75) is 46.2 Å². The summed E-state index contributed by atoms with van der Waals surface area (Å²) in [5, 5.41) is 0. The van der Waals surface area contributed by atoms with Crippen LogP contribution in [0.15, 0.2) is 0 Å². The van der Waals surface area contributed by atoms with Gasteiger partial charge >= 0.3 is 15.3 Å². The minimum Gasteiger partial charge on any atom is -0.309 e. The molecule has 0 aliphatic carbocycles. The van der Waals surface area contributed by atoms with E-state index in [1.54, 1.807) is 32.4 Å². The lowest BCUT2D eigenvalue weighted by Crippen LogP contribution is -2.35. The molecule has 132 valence electrons. The van der Waals surface area contributed by atoms with Crippen LogP contribution >= 0.6 is 15.3 Å². The fraction of sp³-hybridized carbons (Fsp3) is 1.00. The molecule has 0 bridgehead atoms. The van der Waals surface area contributed by atoms with Crippen LogP contribution in [0, 0.1) is 0 Å². The monoisotopic (exact) mass is 357 g/mol. The molecule has 0 spiro atoms. The third kappa shape index (κ3) is 5.13. The van der Waals surface area contributed by atoms with Crippen molar-refractivity contribution in [1.82, 2.24) is 4.67 Å².